The second-order valence-corrected chi connectivity index (χ2v) is 7.92. The fraction of sp³-hybridized carbons (Fsp3) is 0.250. The molecule has 3 aromatic carbocycles. The van der Waals surface area contributed by atoms with Crippen molar-refractivity contribution in [2.45, 2.75) is 27.4 Å². The van der Waals surface area contributed by atoms with Crippen LogP contribution in [0, 0.1) is 6.92 Å². The van der Waals surface area contributed by atoms with Crippen LogP contribution in [0.1, 0.15) is 40.9 Å². The van der Waals surface area contributed by atoms with Gasteiger partial charge in [-0.15, -0.1) is 0 Å². The maximum atomic E-state index is 13.0. The van der Waals surface area contributed by atoms with E-state index in [0.29, 0.717) is 29.4 Å². The van der Waals surface area contributed by atoms with Crippen LogP contribution in [-0.2, 0) is 6.61 Å². The second-order valence-electron chi connectivity index (χ2n) is 7.92. The van der Waals surface area contributed by atoms with Gasteiger partial charge in [-0.25, -0.2) is 0 Å². The lowest BCUT2D eigenvalue weighted by Gasteiger charge is -2.20. The maximum Gasteiger partial charge on any atom is 0.232 e. The fourth-order valence-electron chi connectivity index (χ4n) is 4.07. The molecule has 1 aliphatic rings. The van der Waals surface area contributed by atoms with Crippen molar-refractivity contribution in [2.24, 2.45) is 0 Å². The molecular weight excluding hydrogens is 414 g/mol. The number of para-hydroxylation sites is 1. The third-order valence-electron chi connectivity index (χ3n) is 5.85. The Kier molecular flexibility index (Phi) is 6.68. The lowest BCUT2D eigenvalue weighted by atomic mass is 10.0. The number of fused-ring (bicyclic) bond motifs is 1. The Bertz CT molecular complexity index is 1180. The lowest BCUT2D eigenvalue weighted by molar-refractivity contribution is 0.101. The molecule has 0 saturated carbocycles. The van der Waals surface area contributed by atoms with Crippen molar-refractivity contribution < 1.29 is 19.0 Å². The summed E-state index contributed by atoms with van der Waals surface area (Å²) in [4.78, 5) is 15.3. The minimum Gasteiger partial charge on any atom is -0.496 e. The van der Waals surface area contributed by atoms with Crippen LogP contribution >= 0.6 is 0 Å². The first-order chi connectivity index (χ1) is 16.0. The Labute approximate surface area is 195 Å². The van der Waals surface area contributed by atoms with E-state index < -0.39 is 0 Å². The number of Topliss-reactive ketones (excluding diaryl/α,β-unsaturated/α-hetero) is 1. The molecule has 0 radical (unpaired) electrons. The molecule has 0 fully saturated rings. The Balaban J connectivity index is 1.52. The molecule has 3 aromatic rings. The molecule has 1 heterocycles. The first-order valence-corrected chi connectivity index (χ1v) is 11.2. The fourth-order valence-corrected chi connectivity index (χ4v) is 4.07. The van der Waals surface area contributed by atoms with Gasteiger partial charge in [0.1, 0.15) is 23.9 Å². The number of allylic oxidation sites excluding steroid dienone is 1. The summed E-state index contributed by atoms with van der Waals surface area (Å²) in [5.74, 6) is 2.17. The van der Waals surface area contributed by atoms with Gasteiger partial charge in [0.2, 0.25) is 5.78 Å². The molecule has 0 bridgehead atoms. The van der Waals surface area contributed by atoms with Gasteiger partial charge < -0.3 is 19.1 Å². The number of carbonyl (C=O) groups is 1. The number of ketones is 1. The molecule has 0 N–H and O–H groups in total. The van der Waals surface area contributed by atoms with Gasteiger partial charge in [-0.2, -0.15) is 0 Å². The van der Waals surface area contributed by atoms with Crippen LogP contribution < -0.4 is 19.1 Å². The number of benzene rings is 3. The molecule has 0 aromatic heterocycles. The zero-order valence-corrected chi connectivity index (χ0v) is 19.6. The Morgan fingerprint density at radius 1 is 1.00 bits per heavy atom. The van der Waals surface area contributed by atoms with Crippen LogP contribution in [0.3, 0.4) is 0 Å². The Morgan fingerprint density at radius 3 is 2.42 bits per heavy atom. The predicted molar refractivity (Wildman–Crippen MR) is 131 cm³/mol. The zero-order chi connectivity index (χ0) is 23.4. The molecule has 5 nitrogen and oxygen atoms in total. The van der Waals surface area contributed by atoms with Crippen molar-refractivity contribution in [1.29, 1.82) is 0 Å². The molecule has 1 aliphatic heterocycles. The highest BCUT2D eigenvalue weighted by molar-refractivity contribution is 6.15. The summed E-state index contributed by atoms with van der Waals surface area (Å²) in [7, 11) is 1.64. The van der Waals surface area contributed by atoms with Gasteiger partial charge in [-0.1, -0.05) is 30.3 Å². The summed E-state index contributed by atoms with van der Waals surface area (Å²) in [6.07, 6.45) is 1.79. The highest BCUT2D eigenvalue weighted by Gasteiger charge is 2.30. The summed E-state index contributed by atoms with van der Waals surface area (Å²) >= 11 is 0. The van der Waals surface area contributed by atoms with Gasteiger partial charge in [0.25, 0.3) is 0 Å². The summed E-state index contributed by atoms with van der Waals surface area (Å²) in [5.41, 5.74) is 4.45. The van der Waals surface area contributed by atoms with Crippen molar-refractivity contribution in [3.05, 3.63) is 88.7 Å². The van der Waals surface area contributed by atoms with E-state index in [4.69, 9.17) is 14.2 Å². The monoisotopic (exact) mass is 443 g/mol. The number of methoxy groups -OCH3 is 1. The van der Waals surface area contributed by atoms with Gasteiger partial charge >= 0.3 is 0 Å². The van der Waals surface area contributed by atoms with E-state index in [0.717, 1.165) is 41.2 Å². The normalized spacial score (nSPS) is 13.6. The van der Waals surface area contributed by atoms with Crippen LogP contribution in [0.2, 0.25) is 0 Å². The highest BCUT2D eigenvalue weighted by atomic mass is 16.5. The second kappa shape index (κ2) is 9.82. The average Bonchev–Trinajstić information content (AvgIpc) is 3.15. The molecule has 0 atom stereocenters. The first-order valence-electron chi connectivity index (χ1n) is 11.2. The summed E-state index contributed by atoms with van der Waals surface area (Å²) in [6, 6.07) is 19.5. The SMILES string of the molecule is CCN(CC)c1ccc(/C=C2\Oc3cc(OCc4ccccc4OC)cc(C)c3C2=O)cc1. The molecule has 0 unspecified atom stereocenters. The minimum absolute atomic E-state index is 0.105. The maximum absolute atomic E-state index is 13.0. The van der Waals surface area contributed by atoms with Crippen LogP contribution in [0.4, 0.5) is 5.69 Å². The van der Waals surface area contributed by atoms with E-state index in [-0.39, 0.29) is 5.78 Å². The number of rotatable bonds is 8. The van der Waals surface area contributed by atoms with E-state index in [1.165, 1.54) is 0 Å². The Hall–Kier alpha value is -3.73. The molecule has 0 aliphatic carbocycles. The largest absolute Gasteiger partial charge is 0.496 e. The molecule has 5 heteroatoms. The molecular formula is C28H29NO4. The van der Waals surface area contributed by atoms with Crippen molar-refractivity contribution >= 4 is 17.5 Å². The standard InChI is InChI=1S/C28H29NO4/c1-5-29(6-2)22-13-11-20(12-14-22)16-26-28(30)27-19(3)15-23(17-25(27)33-26)32-18-21-9-7-8-10-24(21)31-4/h7-17H,5-6,18H2,1-4H3/b26-16-. The van der Waals surface area contributed by atoms with E-state index in [1.54, 1.807) is 19.3 Å². The van der Waals surface area contributed by atoms with Gasteiger partial charge in [0.05, 0.1) is 12.7 Å². The van der Waals surface area contributed by atoms with Gasteiger partial charge in [-0.3, -0.25) is 4.79 Å². The molecule has 0 spiro atoms. The average molecular weight is 444 g/mol. The summed E-state index contributed by atoms with van der Waals surface area (Å²) in [5, 5.41) is 0. The third kappa shape index (κ3) is 4.72. The number of aryl methyl sites for hydroxylation is 1. The van der Waals surface area contributed by atoms with Crippen molar-refractivity contribution in [3.63, 3.8) is 0 Å². The molecule has 33 heavy (non-hydrogen) atoms. The van der Waals surface area contributed by atoms with Crippen LogP contribution in [0.15, 0.2) is 66.4 Å². The van der Waals surface area contributed by atoms with E-state index >= 15 is 0 Å². The molecule has 170 valence electrons. The summed E-state index contributed by atoms with van der Waals surface area (Å²) < 4.78 is 17.3. The van der Waals surface area contributed by atoms with Crippen molar-refractivity contribution in [3.8, 4) is 17.2 Å². The number of hydrogen-bond donors (Lipinski definition) is 0. The predicted octanol–water partition coefficient (Wildman–Crippen LogP) is 6.05. The van der Waals surface area contributed by atoms with Crippen molar-refractivity contribution in [1.82, 2.24) is 0 Å². The molecule has 4 rings (SSSR count). The number of hydrogen-bond acceptors (Lipinski definition) is 5. The Morgan fingerprint density at radius 2 is 1.73 bits per heavy atom. The summed E-state index contributed by atoms with van der Waals surface area (Å²) in [6.45, 7) is 8.44. The zero-order valence-electron chi connectivity index (χ0n) is 19.6. The van der Waals surface area contributed by atoms with E-state index in [2.05, 4.69) is 30.9 Å². The lowest BCUT2D eigenvalue weighted by Crippen LogP contribution is -2.21. The molecule has 0 amide bonds. The number of carbonyl (C=O) groups excluding carboxylic acids is 1. The smallest absolute Gasteiger partial charge is 0.232 e. The van der Waals surface area contributed by atoms with E-state index in [9.17, 15) is 4.79 Å². The number of anilines is 1. The quantitative estimate of drug-likeness (QED) is 0.397. The van der Waals surface area contributed by atoms with Gasteiger partial charge in [0.15, 0.2) is 5.76 Å². The van der Waals surface area contributed by atoms with E-state index in [1.807, 2.05) is 49.4 Å². The topological polar surface area (TPSA) is 48.0 Å². The van der Waals surface area contributed by atoms with Gasteiger partial charge in [0, 0.05) is 30.4 Å². The van der Waals surface area contributed by atoms with Crippen LogP contribution in [0.5, 0.6) is 17.2 Å². The number of nitrogens with zero attached hydrogens (tertiary/aromatic N) is 1. The molecule has 0 saturated heterocycles. The number of ether oxygens (including phenoxy) is 3. The van der Waals surface area contributed by atoms with Crippen LogP contribution in [0.25, 0.3) is 6.08 Å². The minimum atomic E-state index is -0.105. The van der Waals surface area contributed by atoms with Gasteiger partial charge in [-0.05, 0) is 62.2 Å². The third-order valence-corrected chi connectivity index (χ3v) is 5.85. The first kappa shape index (κ1) is 22.5. The van der Waals surface area contributed by atoms with Crippen molar-refractivity contribution in [2.75, 3.05) is 25.1 Å². The highest BCUT2D eigenvalue weighted by Crippen LogP contribution is 2.38. The van der Waals surface area contributed by atoms with Crippen LogP contribution in [-0.4, -0.2) is 26.0 Å².